The van der Waals surface area contributed by atoms with Gasteiger partial charge in [0, 0.05) is 31.0 Å². The van der Waals surface area contributed by atoms with E-state index in [0.717, 1.165) is 30.0 Å². The molecule has 1 aliphatic rings. The number of likely N-dealkylation sites (N-methyl/N-ethyl adjacent to an activating group) is 1. The first kappa shape index (κ1) is 11.7. The molecule has 1 aliphatic heterocycles. The van der Waals surface area contributed by atoms with Gasteiger partial charge < -0.3 is 20.9 Å². The van der Waals surface area contributed by atoms with Gasteiger partial charge in [-0.3, -0.25) is 0 Å². The number of carbonyl (C=O) groups excluding carboxylic acids is 1. The molecule has 0 spiro atoms. The highest BCUT2D eigenvalue weighted by Gasteiger charge is 2.13. The first-order valence-corrected chi connectivity index (χ1v) is 5.71. The Morgan fingerprint density at radius 1 is 1.41 bits per heavy atom. The number of benzene rings is 1. The van der Waals surface area contributed by atoms with Gasteiger partial charge in [-0.2, -0.15) is 0 Å². The van der Waals surface area contributed by atoms with Crippen molar-refractivity contribution in [2.24, 2.45) is 0 Å². The Labute approximate surface area is 101 Å². The molecule has 3 N–H and O–H groups in total. The predicted molar refractivity (Wildman–Crippen MR) is 69.3 cm³/mol. The summed E-state index contributed by atoms with van der Waals surface area (Å²) in [6, 6.07) is 5.90. The van der Waals surface area contributed by atoms with Gasteiger partial charge in [0.05, 0.1) is 0 Å². The Kier molecular flexibility index (Phi) is 3.49. The summed E-state index contributed by atoms with van der Waals surface area (Å²) in [4.78, 5) is 13.3. The summed E-state index contributed by atoms with van der Waals surface area (Å²) in [5.41, 5.74) is 3.04. The van der Waals surface area contributed by atoms with Crippen molar-refractivity contribution in [3.05, 3.63) is 23.8 Å². The normalized spacial score (nSPS) is 13.9. The van der Waals surface area contributed by atoms with Gasteiger partial charge in [0.15, 0.2) is 0 Å². The van der Waals surface area contributed by atoms with Crippen LogP contribution in [-0.4, -0.2) is 38.1 Å². The van der Waals surface area contributed by atoms with E-state index in [1.807, 2.05) is 32.3 Å². The van der Waals surface area contributed by atoms with Gasteiger partial charge in [0.25, 0.3) is 0 Å². The number of hydrogen-bond donors (Lipinski definition) is 3. The molecule has 2 amide bonds. The molecule has 1 heterocycles. The van der Waals surface area contributed by atoms with Crippen molar-refractivity contribution in [1.82, 2.24) is 10.2 Å². The highest BCUT2D eigenvalue weighted by atomic mass is 16.2. The zero-order valence-electron chi connectivity index (χ0n) is 10.2. The molecule has 0 aliphatic carbocycles. The van der Waals surface area contributed by atoms with E-state index >= 15 is 0 Å². The van der Waals surface area contributed by atoms with Crippen LogP contribution in [0.5, 0.6) is 0 Å². The van der Waals surface area contributed by atoms with Gasteiger partial charge in [-0.25, -0.2) is 4.79 Å². The Bertz CT molecular complexity index is 417. The second-order valence-corrected chi connectivity index (χ2v) is 4.41. The van der Waals surface area contributed by atoms with Crippen LogP contribution in [0.25, 0.3) is 0 Å². The SMILES string of the molecule is CN(C)CCNc1ccc2c(c1)NC(=O)NC2. The highest BCUT2D eigenvalue weighted by molar-refractivity contribution is 5.92. The van der Waals surface area contributed by atoms with Crippen LogP contribution in [0.3, 0.4) is 0 Å². The average molecular weight is 234 g/mol. The van der Waals surface area contributed by atoms with Crippen molar-refractivity contribution in [2.45, 2.75) is 6.54 Å². The van der Waals surface area contributed by atoms with Gasteiger partial charge in [-0.05, 0) is 31.8 Å². The van der Waals surface area contributed by atoms with Crippen molar-refractivity contribution in [3.63, 3.8) is 0 Å². The lowest BCUT2D eigenvalue weighted by molar-refractivity contribution is 0.251. The third-order valence-corrected chi connectivity index (χ3v) is 2.69. The maximum absolute atomic E-state index is 11.2. The Morgan fingerprint density at radius 2 is 2.24 bits per heavy atom. The topological polar surface area (TPSA) is 56.4 Å². The Balaban J connectivity index is 2.00. The smallest absolute Gasteiger partial charge is 0.319 e. The second kappa shape index (κ2) is 5.05. The number of carbonyl (C=O) groups is 1. The van der Waals surface area contributed by atoms with Gasteiger partial charge >= 0.3 is 6.03 Å². The Morgan fingerprint density at radius 3 is 3.00 bits per heavy atom. The van der Waals surface area contributed by atoms with E-state index in [-0.39, 0.29) is 6.03 Å². The fraction of sp³-hybridized carbons (Fsp3) is 0.417. The molecule has 5 nitrogen and oxygen atoms in total. The molecule has 0 radical (unpaired) electrons. The average Bonchev–Trinajstić information content (AvgIpc) is 2.28. The van der Waals surface area contributed by atoms with Crippen LogP contribution in [0, 0.1) is 0 Å². The van der Waals surface area contributed by atoms with Crippen LogP contribution < -0.4 is 16.0 Å². The number of nitrogens with one attached hydrogen (secondary N) is 3. The molecule has 1 aromatic carbocycles. The van der Waals surface area contributed by atoms with Crippen molar-refractivity contribution in [2.75, 3.05) is 37.8 Å². The van der Waals surface area contributed by atoms with Crippen molar-refractivity contribution in [3.8, 4) is 0 Å². The molecule has 17 heavy (non-hydrogen) atoms. The third-order valence-electron chi connectivity index (χ3n) is 2.69. The second-order valence-electron chi connectivity index (χ2n) is 4.41. The molecule has 0 atom stereocenters. The minimum atomic E-state index is -0.136. The molecular weight excluding hydrogens is 216 g/mol. The molecule has 92 valence electrons. The fourth-order valence-electron chi connectivity index (χ4n) is 1.72. The minimum absolute atomic E-state index is 0.136. The number of anilines is 2. The summed E-state index contributed by atoms with van der Waals surface area (Å²) in [7, 11) is 4.08. The van der Waals surface area contributed by atoms with Crippen LogP contribution in [0.2, 0.25) is 0 Å². The molecule has 0 aromatic heterocycles. The zero-order chi connectivity index (χ0) is 12.3. The van der Waals surface area contributed by atoms with Crippen molar-refractivity contribution in [1.29, 1.82) is 0 Å². The molecule has 0 saturated carbocycles. The van der Waals surface area contributed by atoms with Crippen LogP contribution in [0.1, 0.15) is 5.56 Å². The molecule has 2 rings (SSSR count). The molecule has 5 heteroatoms. The third kappa shape index (κ3) is 3.10. The number of urea groups is 1. The Hall–Kier alpha value is -1.75. The molecule has 0 saturated heterocycles. The quantitative estimate of drug-likeness (QED) is 0.736. The summed E-state index contributed by atoms with van der Waals surface area (Å²) in [5.74, 6) is 0. The van der Waals surface area contributed by atoms with Gasteiger partial charge in [-0.1, -0.05) is 6.07 Å². The lowest BCUT2D eigenvalue weighted by Crippen LogP contribution is -2.33. The number of hydrogen-bond acceptors (Lipinski definition) is 3. The summed E-state index contributed by atoms with van der Waals surface area (Å²) >= 11 is 0. The number of amides is 2. The van der Waals surface area contributed by atoms with Crippen molar-refractivity contribution < 1.29 is 4.79 Å². The van der Waals surface area contributed by atoms with Crippen LogP contribution in [0.15, 0.2) is 18.2 Å². The lowest BCUT2D eigenvalue weighted by Gasteiger charge is -2.19. The van der Waals surface area contributed by atoms with Crippen molar-refractivity contribution >= 4 is 17.4 Å². The van der Waals surface area contributed by atoms with E-state index in [2.05, 4.69) is 20.9 Å². The predicted octanol–water partition coefficient (Wildman–Crippen LogP) is 1.30. The van der Waals surface area contributed by atoms with Gasteiger partial charge in [0.2, 0.25) is 0 Å². The molecule has 0 unspecified atom stereocenters. The minimum Gasteiger partial charge on any atom is -0.384 e. The lowest BCUT2D eigenvalue weighted by atomic mass is 10.1. The van der Waals surface area contributed by atoms with Gasteiger partial charge in [-0.15, -0.1) is 0 Å². The molecular formula is C12H18N4O. The fourth-order valence-corrected chi connectivity index (χ4v) is 1.72. The monoisotopic (exact) mass is 234 g/mol. The summed E-state index contributed by atoms with van der Waals surface area (Å²) < 4.78 is 0. The van der Waals surface area contributed by atoms with Crippen LogP contribution in [0.4, 0.5) is 16.2 Å². The summed E-state index contributed by atoms with van der Waals surface area (Å²) in [6.45, 7) is 2.46. The standard InChI is InChI=1S/C12H18N4O/c1-16(2)6-5-13-10-4-3-9-8-14-12(17)15-11(9)7-10/h3-4,7,13H,5-6,8H2,1-2H3,(H2,14,15,17). The number of rotatable bonds is 4. The van der Waals surface area contributed by atoms with E-state index in [1.165, 1.54) is 0 Å². The maximum Gasteiger partial charge on any atom is 0.319 e. The first-order valence-electron chi connectivity index (χ1n) is 5.71. The summed E-state index contributed by atoms with van der Waals surface area (Å²) in [5, 5.41) is 8.87. The van der Waals surface area contributed by atoms with E-state index in [9.17, 15) is 4.79 Å². The van der Waals surface area contributed by atoms with Crippen LogP contribution >= 0.6 is 0 Å². The molecule has 1 aromatic rings. The van der Waals surface area contributed by atoms with E-state index in [1.54, 1.807) is 0 Å². The zero-order valence-corrected chi connectivity index (χ0v) is 10.2. The largest absolute Gasteiger partial charge is 0.384 e. The van der Waals surface area contributed by atoms with Gasteiger partial charge in [0.1, 0.15) is 0 Å². The van der Waals surface area contributed by atoms with E-state index in [0.29, 0.717) is 6.54 Å². The molecule has 0 fully saturated rings. The van der Waals surface area contributed by atoms with E-state index in [4.69, 9.17) is 0 Å². The van der Waals surface area contributed by atoms with Crippen LogP contribution in [-0.2, 0) is 6.54 Å². The maximum atomic E-state index is 11.2. The first-order chi connectivity index (χ1) is 8.15. The van der Waals surface area contributed by atoms with E-state index < -0.39 is 0 Å². The summed E-state index contributed by atoms with van der Waals surface area (Å²) in [6.07, 6.45) is 0. The highest BCUT2D eigenvalue weighted by Crippen LogP contribution is 2.23. The molecule has 0 bridgehead atoms. The number of nitrogens with zero attached hydrogens (tertiary/aromatic N) is 1. The number of fused-ring (bicyclic) bond motifs is 1.